The number of carboxylic acids is 1. The molecule has 0 aliphatic heterocycles. The molecule has 1 fully saturated rings. The minimum Gasteiger partial charge on any atom is -0.489 e. The summed E-state index contributed by atoms with van der Waals surface area (Å²) in [5.74, 6) is -1.55. The van der Waals surface area contributed by atoms with Gasteiger partial charge in [-0.1, -0.05) is 0 Å². The van der Waals surface area contributed by atoms with E-state index in [1.165, 1.54) is 6.07 Å². The van der Waals surface area contributed by atoms with Crippen molar-refractivity contribution in [3.05, 3.63) is 28.0 Å². The lowest BCUT2D eigenvalue weighted by Gasteiger charge is -2.27. The van der Waals surface area contributed by atoms with Crippen LogP contribution in [0.1, 0.15) is 29.6 Å². The predicted molar refractivity (Wildman–Crippen MR) is 59.3 cm³/mol. The third kappa shape index (κ3) is 2.19. The molecule has 1 aliphatic carbocycles. The Morgan fingerprint density at radius 2 is 2.19 bits per heavy atom. The molecule has 1 aromatic rings. The molecule has 0 spiro atoms. The Labute approximate surface area is 100 Å². The maximum Gasteiger partial charge on any atom is 0.339 e. The normalized spacial score (nSPS) is 15.6. The number of hydrogen-bond acceptors (Lipinski definition) is 2. The molecule has 3 nitrogen and oxygen atoms in total. The number of rotatable bonds is 3. The third-order valence-electron chi connectivity index (χ3n) is 2.60. The van der Waals surface area contributed by atoms with Crippen LogP contribution in [0.3, 0.4) is 0 Å². The number of ether oxygens (including phenoxy) is 1. The zero-order valence-electron chi connectivity index (χ0n) is 8.37. The lowest BCUT2D eigenvalue weighted by atomic mass is 9.96. The van der Waals surface area contributed by atoms with E-state index >= 15 is 0 Å². The maximum atomic E-state index is 13.2. The molecule has 0 aromatic heterocycles. The van der Waals surface area contributed by atoms with E-state index in [-0.39, 0.29) is 21.9 Å². The van der Waals surface area contributed by atoms with Crippen LogP contribution in [0.15, 0.2) is 16.6 Å². The van der Waals surface area contributed by atoms with E-state index in [9.17, 15) is 9.18 Å². The second kappa shape index (κ2) is 4.41. The third-order valence-corrected chi connectivity index (χ3v) is 3.21. The SMILES string of the molecule is O=C(O)c1cc(F)c(Br)cc1OC1CCC1. The molecule has 2 rings (SSSR count). The highest BCUT2D eigenvalue weighted by Crippen LogP contribution is 2.31. The van der Waals surface area contributed by atoms with Crippen molar-refractivity contribution in [1.82, 2.24) is 0 Å². The average Bonchev–Trinajstić information content (AvgIpc) is 2.16. The molecule has 16 heavy (non-hydrogen) atoms. The molecule has 0 heterocycles. The summed E-state index contributed by atoms with van der Waals surface area (Å²) in [7, 11) is 0. The van der Waals surface area contributed by atoms with Crippen LogP contribution >= 0.6 is 15.9 Å². The molecule has 0 unspecified atom stereocenters. The standard InChI is InChI=1S/C11H10BrFO3/c12-8-5-10(16-6-2-1-3-6)7(11(14)15)4-9(8)13/h4-6H,1-3H2,(H,14,15). The fraction of sp³-hybridized carbons (Fsp3) is 0.364. The summed E-state index contributed by atoms with van der Waals surface area (Å²) in [4.78, 5) is 10.9. The number of hydrogen-bond donors (Lipinski definition) is 1. The van der Waals surface area contributed by atoms with E-state index in [0.29, 0.717) is 0 Å². The van der Waals surface area contributed by atoms with Gasteiger partial charge in [0.25, 0.3) is 0 Å². The average molecular weight is 289 g/mol. The van der Waals surface area contributed by atoms with Crippen LogP contribution in [-0.4, -0.2) is 17.2 Å². The Morgan fingerprint density at radius 3 is 2.69 bits per heavy atom. The van der Waals surface area contributed by atoms with Crippen LogP contribution < -0.4 is 4.74 Å². The first-order valence-electron chi connectivity index (χ1n) is 4.97. The number of halogens is 2. The Bertz CT molecular complexity index is 429. The predicted octanol–water partition coefficient (Wildman–Crippen LogP) is 3.22. The van der Waals surface area contributed by atoms with Crippen molar-refractivity contribution in [1.29, 1.82) is 0 Å². The van der Waals surface area contributed by atoms with Crippen LogP contribution in [0.2, 0.25) is 0 Å². The summed E-state index contributed by atoms with van der Waals surface area (Å²) in [6, 6.07) is 2.34. The molecule has 1 saturated carbocycles. The zero-order chi connectivity index (χ0) is 11.7. The summed E-state index contributed by atoms with van der Waals surface area (Å²) >= 11 is 3.01. The minimum atomic E-state index is -1.18. The van der Waals surface area contributed by atoms with Gasteiger partial charge in [-0.05, 0) is 47.3 Å². The van der Waals surface area contributed by atoms with E-state index < -0.39 is 11.8 Å². The molecule has 86 valence electrons. The summed E-state index contributed by atoms with van der Waals surface area (Å²) in [5.41, 5.74) is -0.132. The molecule has 1 aromatic carbocycles. The lowest BCUT2D eigenvalue weighted by molar-refractivity contribution is 0.0679. The van der Waals surface area contributed by atoms with Gasteiger partial charge < -0.3 is 9.84 Å². The highest BCUT2D eigenvalue weighted by atomic mass is 79.9. The van der Waals surface area contributed by atoms with Gasteiger partial charge in [-0.25, -0.2) is 9.18 Å². The summed E-state index contributed by atoms with van der Waals surface area (Å²) < 4.78 is 18.9. The smallest absolute Gasteiger partial charge is 0.339 e. The van der Waals surface area contributed by atoms with E-state index in [1.807, 2.05) is 0 Å². The van der Waals surface area contributed by atoms with Crippen molar-refractivity contribution in [2.24, 2.45) is 0 Å². The van der Waals surface area contributed by atoms with E-state index in [0.717, 1.165) is 25.3 Å². The highest BCUT2D eigenvalue weighted by Gasteiger charge is 2.23. The van der Waals surface area contributed by atoms with Crippen LogP contribution in [-0.2, 0) is 0 Å². The van der Waals surface area contributed by atoms with Crippen molar-refractivity contribution in [2.75, 3.05) is 0 Å². The van der Waals surface area contributed by atoms with E-state index in [1.54, 1.807) is 0 Å². The Morgan fingerprint density at radius 1 is 1.50 bits per heavy atom. The van der Waals surface area contributed by atoms with Gasteiger partial charge in [0, 0.05) is 0 Å². The molecule has 1 aliphatic rings. The highest BCUT2D eigenvalue weighted by molar-refractivity contribution is 9.10. The van der Waals surface area contributed by atoms with Crippen LogP contribution in [0.5, 0.6) is 5.75 Å². The molecule has 0 saturated heterocycles. The lowest BCUT2D eigenvalue weighted by Crippen LogP contribution is -2.25. The van der Waals surface area contributed by atoms with Crippen molar-refractivity contribution < 1.29 is 19.0 Å². The summed E-state index contributed by atoms with van der Waals surface area (Å²) in [5, 5.41) is 8.92. The van der Waals surface area contributed by atoms with Crippen LogP contribution in [0.25, 0.3) is 0 Å². The minimum absolute atomic E-state index is 0.0652. The first-order valence-corrected chi connectivity index (χ1v) is 5.76. The molecule has 0 radical (unpaired) electrons. The fourth-order valence-corrected chi connectivity index (χ4v) is 1.78. The molecule has 0 bridgehead atoms. The Balaban J connectivity index is 2.32. The van der Waals surface area contributed by atoms with Crippen LogP contribution in [0.4, 0.5) is 4.39 Å². The summed E-state index contributed by atoms with van der Waals surface area (Å²) in [6.07, 6.45) is 3.01. The topological polar surface area (TPSA) is 46.5 Å². The van der Waals surface area contributed by atoms with Gasteiger partial charge in [0.2, 0.25) is 0 Å². The molecule has 0 amide bonds. The van der Waals surface area contributed by atoms with Gasteiger partial charge in [-0.2, -0.15) is 0 Å². The monoisotopic (exact) mass is 288 g/mol. The Kier molecular flexibility index (Phi) is 3.14. The molecule has 1 N–H and O–H groups in total. The Hall–Kier alpha value is -1.10. The molecular weight excluding hydrogens is 279 g/mol. The number of aromatic carboxylic acids is 1. The fourth-order valence-electron chi connectivity index (χ4n) is 1.46. The maximum absolute atomic E-state index is 13.2. The quantitative estimate of drug-likeness (QED) is 0.929. The molecule has 0 atom stereocenters. The van der Waals surface area contributed by atoms with Gasteiger partial charge in [0.05, 0.1) is 10.6 Å². The zero-order valence-corrected chi connectivity index (χ0v) is 9.96. The first kappa shape index (κ1) is 11.4. The van der Waals surface area contributed by atoms with Gasteiger partial charge >= 0.3 is 5.97 Å². The number of benzene rings is 1. The van der Waals surface area contributed by atoms with Crippen molar-refractivity contribution in [2.45, 2.75) is 25.4 Å². The van der Waals surface area contributed by atoms with Gasteiger partial charge in [-0.15, -0.1) is 0 Å². The van der Waals surface area contributed by atoms with E-state index in [2.05, 4.69) is 15.9 Å². The van der Waals surface area contributed by atoms with Gasteiger partial charge in [0.1, 0.15) is 17.1 Å². The molecular formula is C11H10BrFO3. The second-order valence-corrected chi connectivity index (χ2v) is 4.59. The van der Waals surface area contributed by atoms with E-state index in [4.69, 9.17) is 9.84 Å². The number of carboxylic acid groups (broad SMARTS) is 1. The number of carbonyl (C=O) groups is 1. The van der Waals surface area contributed by atoms with Gasteiger partial charge in [0.15, 0.2) is 0 Å². The molecule has 5 heteroatoms. The van der Waals surface area contributed by atoms with Crippen LogP contribution in [0, 0.1) is 5.82 Å². The van der Waals surface area contributed by atoms with Crippen molar-refractivity contribution in [3.63, 3.8) is 0 Å². The summed E-state index contributed by atoms with van der Waals surface area (Å²) in [6.45, 7) is 0. The van der Waals surface area contributed by atoms with Crippen molar-refractivity contribution in [3.8, 4) is 5.75 Å². The van der Waals surface area contributed by atoms with Gasteiger partial charge in [-0.3, -0.25) is 0 Å². The largest absolute Gasteiger partial charge is 0.489 e. The first-order chi connectivity index (χ1) is 7.58. The van der Waals surface area contributed by atoms with Crippen molar-refractivity contribution >= 4 is 21.9 Å². The second-order valence-electron chi connectivity index (χ2n) is 3.74.